The Morgan fingerprint density at radius 3 is 1.88 bits per heavy atom. The number of rotatable bonds is 2. The molecule has 136 valence electrons. The molecule has 3 aromatic rings. The van der Waals surface area contributed by atoms with Gasteiger partial charge in [0.15, 0.2) is 5.82 Å². The van der Waals surface area contributed by atoms with Crippen molar-refractivity contribution in [1.82, 2.24) is 20.2 Å². The van der Waals surface area contributed by atoms with E-state index in [0.717, 1.165) is 22.0 Å². The first-order valence-electron chi connectivity index (χ1n) is 8.81. The second-order valence-electron chi connectivity index (χ2n) is 8.67. The van der Waals surface area contributed by atoms with E-state index in [0.29, 0.717) is 0 Å². The Kier molecular flexibility index (Phi) is 4.69. The second kappa shape index (κ2) is 6.54. The van der Waals surface area contributed by atoms with E-state index in [4.69, 9.17) is 12.6 Å². The molecule has 0 saturated carbocycles. The molecule has 0 amide bonds. The quantitative estimate of drug-likeness (QED) is 0.633. The molecule has 0 saturated heterocycles. The van der Waals surface area contributed by atoms with Crippen molar-refractivity contribution in [2.75, 3.05) is 0 Å². The van der Waals surface area contributed by atoms with Crippen LogP contribution in [0.15, 0.2) is 47.4 Å². The fraction of sp³-hybridized carbons (Fsp3) is 0.381. The van der Waals surface area contributed by atoms with Gasteiger partial charge in [0, 0.05) is 10.5 Å². The summed E-state index contributed by atoms with van der Waals surface area (Å²) >= 11 is 4.88. The zero-order valence-corrected chi connectivity index (χ0v) is 17.2. The smallest absolute Gasteiger partial charge is 0.187 e. The van der Waals surface area contributed by atoms with Crippen LogP contribution in [0.4, 0.5) is 0 Å². The van der Waals surface area contributed by atoms with Crippen molar-refractivity contribution in [2.45, 2.75) is 57.3 Å². The number of hydrogen-bond acceptors (Lipinski definition) is 4. The van der Waals surface area contributed by atoms with E-state index in [1.807, 2.05) is 30.3 Å². The molecule has 0 atom stereocenters. The van der Waals surface area contributed by atoms with Crippen LogP contribution in [0.1, 0.15) is 52.7 Å². The van der Waals surface area contributed by atoms with Crippen molar-refractivity contribution >= 4 is 12.6 Å². The Morgan fingerprint density at radius 1 is 0.846 bits per heavy atom. The number of thiol groups is 1. The molecule has 26 heavy (non-hydrogen) atoms. The van der Waals surface area contributed by atoms with Gasteiger partial charge in [-0.1, -0.05) is 59.7 Å². The molecule has 0 bridgehead atoms. The van der Waals surface area contributed by atoms with Gasteiger partial charge in [-0.2, -0.15) is 4.68 Å². The highest BCUT2D eigenvalue weighted by molar-refractivity contribution is 7.80. The van der Waals surface area contributed by atoms with Gasteiger partial charge in [-0.25, -0.2) is 0 Å². The number of hydrogen-bond donors (Lipinski definition) is 1. The maximum absolute atomic E-state index is 4.88. The highest BCUT2D eigenvalue weighted by Crippen LogP contribution is 2.39. The average Bonchev–Trinajstić information content (AvgIpc) is 3.03. The van der Waals surface area contributed by atoms with Crippen LogP contribution in [0.2, 0.25) is 0 Å². The van der Waals surface area contributed by atoms with E-state index in [1.165, 1.54) is 11.1 Å². The van der Waals surface area contributed by atoms with Crippen LogP contribution < -0.4 is 0 Å². The van der Waals surface area contributed by atoms with Crippen LogP contribution in [0.3, 0.4) is 0 Å². The summed E-state index contributed by atoms with van der Waals surface area (Å²) in [6.45, 7) is 13.2. The third-order valence-electron chi connectivity index (χ3n) is 4.45. The average molecular weight is 367 g/mol. The van der Waals surface area contributed by atoms with E-state index < -0.39 is 0 Å². The molecular formula is C21H26N4S. The lowest BCUT2D eigenvalue weighted by atomic mass is 9.79. The highest BCUT2D eigenvalue weighted by Gasteiger charge is 2.26. The number of benzene rings is 2. The van der Waals surface area contributed by atoms with Crippen LogP contribution in [-0.2, 0) is 10.8 Å². The monoisotopic (exact) mass is 366 g/mol. The van der Waals surface area contributed by atoms with Gasteiger partial charge in [-0.05, 0) is 56.6 Å². The summed E-state index contributed by atoms with van der Waals surface area (Å²) in [6.07, 6.45) is 0. The van der Waals surface area contributed by atoms with Crippen LogP contribution in [0.5, 0.6) is 0 Å². The largest absolute Gasteiger partial charge is 0.193 e. The lowest BCUT2D eigenvalue weighted by Gasteiger charge is -2.29. The Morgan fingerprint density at radius 2 is 1.38 bits per heavy atom. The van der Waals surface area contributed by atoms with Crippen molar-refractivity contribution < 1.29 is 0 Å². The van der Waals surface area contributed by atoms with Crippen molar-refractivity contribution in [1.29, 1.82) is 0 Å². The third kappa shape index (κ3) is 3.54. The van der Waals surface area contributed by atoms with Gasteiger partial charge < -0.3 is 0 Å². The molecule has 1 heterocycles. The predicted octanol–water partition coefficient (Wildman–Crippen LogP) is 5.21. The maximum atomic E-state index is 4.88. The number of tetrazole rings is 1. The SMILES string of the molecule is CC(C)(C)c1cc(-c2nnnn2-c2ccccc2)cc(C(C)(C)C)c1S. The topological polar surface area (TPSA) is 43.6 Å². The summed E-state index contributed by atoms with van der Waals surface area (Å²) in [5.41, 5.74) is 4.29. The van der Waals surface area contributed by atoms with Gasteiger partial charge in [-0.15, -0.1) is 17.7 Å². The molecule has 3 rings (SSSR count). The standard InChI is InChI=1S/C21H26N4S/c1-20(2,3)16-12-14(13-17(18(16)26)21(4,5)6)19-22-23-24-25(19)15-10-8-7-9-11-15/h7-13,26H,1-6H3. The van der Waals surface area contributed by atoms with Crippen molar-refractivity contribution in [3.63, 3.8) is 0 Å². The minimum atomic E-state index is -0.0296. The first-order chi connectivity index (χ1) is 12.1. The molecule has 5 heteroatoms. The zero-order valence-electron chi connectivity index (χ0n) is 16.3. The Hall–Kier alpha value is -2.14. The van der Waals surface area contributed by atoms with Gasteiger partial charge in [-0.3, -0.25) is 0 Å². The maximum Gasteiger partial charge on any atom is 0.187 e. The van der Waals surface area contributed by atoms with E-state index in [9.17, 15) is 0 Å². The van der Waals surface area contributed by atoms with Crippen molar-refractivity contribution in [2.24, 2.45) is 0 Å². The molecule has 0 fully saturated rings. The molecule has 0 aliphatic heterocycles. The van der Waals surface area contributed by atoms with E-state index in [2.05, 4.69) is 69.2 Å². The highest BCUT2D eigenvalue weighted by atomic mass is 32.1. The van der Waals surface area contributed by atoms with E-state index in [-0.39, 0.29) is 10.8 Å². The first kappa shape index (κ1) is 18.6. The van der Waals surface area contributed by atoms with Crippen molar-refractivity contribution in [3.05, 3.63) is 53.6 Å². The summed E-state index contributed by atoms with van der Waals surface area (Å²) in [6, 6.07) is 14.3. The molecule has 0 radical (unpaired) electrons. The summed E-state index contributed by atoms with van der Waals surface area (Å²) in [5.74, 6) is 0.737. The van der Waals surface area contributed by atoms with E-state index in [1.54, 1.807) is 4.68 Å². The fourth-order valence-corrected chi connectivity index (χ4v) is 3.82. The number of para-hydroxylation sites is 1. The van der Waals surface area contributed by atoms with Crippen molar-refractivity contribution in [3.8, 4) is 17.1 Å². The second-order valence-corrected chi connectivity index (χ2v) is 9.12. The molecule has 2 aromatic carbocycles. The summed E-state index contributed by atoms with van der Waals surface area (Å²) in [5, 5.41) is 12.4. The Labute approximate surface area is 161 Å². The predicted molar refractivity (Wildman–Crippen MR) is 109 cm³/mol. The molecule has 1 aromatic heterocycles. The molecule has 0 aliphatic carbocycles. The van der Waals surface area contributed by atoms with Crippen LogP contribution in [-0.4, -0.2) is 20.2 Å². The Balaban J connectivity index is 2.26. The van der Waals surface area contributed by atoms with Gasteiger partial charge in [0.25, 0.3) is 0 Å². The molecule has 4 nitrogen and oxygen atoms in total. The summed E-state index contributed by atoms with van der Waals surface area (Å²) < 4.78 is 1.78. The minimum Gasteiger partial charge on any atom is -0.193 e. The Bertz CT molecular complexity index is 880. The molecule has 0 unspecified atom stereocenters. The number of nitrogens with zero attached hydrogens (tertiary/aromatic N) is 4. The first-order valence-corrected chi connectivity index (χ1v) is 9.26. The lowest BCUT2D eigenvalue weighted by molar-refractivity contribution is 0.547. The van der Waals surface area contributed by atoms with Crippen LogP contribution in [0, 0.1) is 0 Å². The van der Waals surface area contributed by atoms with E-state index >= 15 is 0 Å². The van der Waals surface area contributed by atoms with Gasteiger partial charge >= 0.3 is 0 Å². The summed E-state index contributed by atoms with van der Waals surface area (Å²) in [4.78, 5) is 1.05. The third-order valence-corrected chi connectivity index (χ3v) is 4.94. The van der Waals surface area contributed by atoms with Crippen LogP contribution >= 0.6 is 12.6 Å². The zero-order chi connectivity index (χ0) is 19.1. The van der Waals surface area contributed by atoms with Gasteiger partial charge in [0.1, 0.15) is 0 Å². The van der Waals surface area contributed by atoms with Gasteiger partial charge in [0.05, 0.1) is 5.69 Å². The molecule has 0 N–H and O–H groups in total. The summed E-state index contributed by atoms with van der Waals surface area (Å²) in [7, 11) is 0. The molecule has 0 aliphatic rings. The minimum absolute atomic E-state index is 0.0296. The fourth-order valence-electron chi connectivity index (χ4n) is 3.02. The lowest BCUT2D eigenvalue weighted by Crippen LogP contribution is -2.19. The number of aromatic nitrogens is 4. The normalized spacial score (nSPS) is 12.4. The van der Waals surface area contributed by atoms with Crippen LogP contribution in [0.25, 0.3) is 17.1 Å². The molecule has 0 spiro atoms. The molecular weight excluding hydrogens is 340 g/mol. The van der Waals surface area contributed by atoms with Gasteiger partial charge in [0.2, 0.25) is 0 Å².